The molecule has 24 heavy (non-hydrogen) atoms. The van der Waals surface area contributed by atoms with Gasteiger partial charge in [0.25, 0.3) is 11.2 Å². The highest BCUT2D eigenvalue weighted by Gasteiger charge is 2.12. The molecule has 1 heterocycles. The average Bonchev–Trinajstić information content (AvgIpc) is 2.58. The van der Waals surface area contributed by atoms with Gasteiger partial charge in [-0.2, -0.15) is 0 Å². The molecule has 0 atom stereocenters. The smallest absolute Gasteiger partial charge is 0.269 e. The molecule has 0 amide bonds. The van der Waals surface area contributed by atoms with Crippen LogP contribution in [0.2, 0.25) is 0 Å². The second-order valence-corrected chi connectivity index (χ2v) is 5.57. The van der Waals surface area contributed by atoms with Crippen LogP contribution in [0.15, 0.2) is 47.3 Å². The summed E-state index contributed by atoms with van der Waals surface area (Å²) in [6.45, 7) is 1.91. The lowest BCUT2D eigenvalue weighted by Crippen LogP contribution is -2.15. The third-order valence-electron chi connectivity index (χ3n) is 4.13. The van der Waals surface area contributed by atoms with Crippen molar-refractivity contribution in [3.05, 3.63) is 79.6 Å². The van der Waals surface area contributed by atoms with Crippen molar-refractivity contribution in [1.82, 2.24) is 4.98 Å². The minimum absolute atomic E-state index is 0.0370. The second-order valence-electron chi connectivity index (χ2n) is 5.57. The van der Waals surface area contributed by atoms with Crippen LogP contribution in [0.25, 0.3) is 10.9 Å². The summed E-state index contributed by atoms with van der Waals surface area (Å²) in [5, 5.41) is 11.7. The highest BCUT2D eigenvalue weighted by atomic mass is 16.6. The Morgan fingerprint density at radius 3 is 2.50 bits per heavy atom. The number of nitro groups is 1. The maximum Gasteiger partial charge on any atom is 0.269 e. The van der Waals surface area contributed by atoms with Gasteiger partial charge in [0, 0.05) is 35.6 Å². The van der Waals surface area contributed by atoms with Gasteiger partial charge in [0.1, 0.15) is 5.75 Å². The third-order valence-corrected chi connectivity index (χ3v) is 4.13. The number of methoxy groups -OCH3 is 1. The van der Waals surface area contributed by atoms with E-state index in [1.807, 2.05) is 19.1 Å². The van der Waals surface area contributed by atoms with Crippen LogP contribution >= 0.6 is 0 Å². The van der Waals surface area contributed by atoms with Gasteiger partial charge in [-0.15, -0.1) is 0 Å². The zero-order chi connectivity index (χ0) is 17.3. The molecule has 0 aliphatic heterocycles. The maximum atomic E-state index is 12.4. The number of pyridine rings is 1. The van der Waals surface area contributed by atoms with Crippen LogP contribution in [0.3, 0.4) is 0 Å². The molecule has 6 nitrogen and oxygen atoms in total. The quantitative estimate of drug-likeness (QED) is 0.589. The van der Waals surface area contributed by atoms with E-state index < -0.39 is 4.92 Å². The number of aromatic amines is 1. The molecular formula is C18H16N2O4. The number of aryl methyl sites for hydroxylation is 1. The average molecular weight is 324 g/mol. The molecule has 2 aromatic carbocycles. The fourth-order valence-electron chi connectivity index (χ4n) is 2.76. The van der Waals surface area contributed by atoms with E-state index >= 15 is 0 Å². The first-order valence-electron chi connectivity index (χ1n) is 7.42. The summed E-state index contributed by atoms with van der Waals surface area (Å²) in [6.07, 6.45) is 0.418. The molecule has 0 radical (unpaired) electrons. The molecule has 0 saturated heterocycles. The number of nitrogens with zero attached hydrogens (tertiary/aromatic N) is 1. The van der Waals surface area contributed by atoms with Crippen LogP contribution in [0, 0.1) is 17.0 Å². The molecule has 0 aliphatic carbocycles. The number of hydrogen-bond acceptors (Lipinski definition) is 4. The van der Waals surface area contributed by atoms with Crippen molar-refractivity contribution < 1.29 is 9.66 Å². The van der Waals surface area contributed by atoms with Gasteiger partial charge in [-0.1, -0.05) is 12.1 Å². The molecule has 0 saturated carbocycles. The van der Waals surface area contributed by atoms with Gasteiger partial charge in [0.2, 0.25) is 0 Å². The Bertz CT molecular complexity index is 975. The number of non-ortho nitro benzene ring substituents is 1. The number of fused-ring (bicyclic) bond motifs is 1. The Balaban J connectivity index is 2.03. The van der Waals surface area contributed by atoms with Crippen LogP contribution in [-0.4, -0.2) is 17.0 Å². The largest absolute Gasteiger partial charge is 0.497 e. The monoisotopic (exact) mass is 324 g/mol. The number of hydrogen-bond donors (Lipinski definition) is 1. The third kappa shape index (κ3) is 2.86. The summed E-state index contributed by atoms with van der Waals surface area (Å²) in [5.74, 6) is 0.681. The molecule has 1 aromatic heterocycles. The second kappa shape index (κ2) is 6.16. The molecule has 0 bridgehead atoms. The maximum absolute atomic E-state index is 12.4. The Hall–Kier alpha value is -3.15. The molecule has 6 heteroatoms. The van der Waals surface area contributed by atoms with Gasteiger partial charge in [-0.3, -0.25) is 14.9 Å². The van der Waals surface area contributed by atoms with Gasteiger partial charge in [-0.25, -0.2) is 0 Å². The lowest BCUT2D eigenvalue weighted by Gasteiger charge is -2.10. The Morgan fingerprint density at radius 1 is 1.17 bits per heavy atom. The Morgan fingerprint density at radius 2 is 1.88 bits per heavy atom. The highest BCUT2D eigenvalue weighted by Crippen LogP contribution is 2.24. The Labute approximate surface area is 137 Å². The summed E-state index contributed by atoms with van der Waals surface area (Å²) >= 11 is 0. The topological polar surface area (TPSA) is 85.2 Å². The van der Waals surface area contributed by atoms with E-state index in [1.54, 1.807) is 25.3 Å². The van der Waals surface area contributed by atoms with Crippen molar-refractivity contribution in [2.45, 2.75) is 13.3 Å². The van der Waals surface area contributed by atoms with E-state index in [-0.39, 0.29) is 11.2 Å². The van der Waals surface area contributed by atoms with Gasteiger partial charge in [-0.05, 0) is 30.2 Å². The first kappa shape index (κ1) is 15.7. The normalized spacial score (nSPS) is 10.8. The van der Waals surface area contributed by atoms with Crippen LogP contribution in [0.4, 0.5) is 5.69 Å². The number of rotatable bonds is 4. The molecule has 122 valence electrons. The zero-order valence-corrected chi connectivity index (χ0v) is 13.3. The number of H-pyrrole nitrogens is 1. The van der Waals surface area contributed by atoms with Crippen molar-refractivity contribution in [3.63, 3.8) is 0 Å². The summed E-state index contributed by atoms with van der Waals surface area (Å²) < 4.78 is 5.18. The van der Waals surface area contributed by atoms with Crippen LogP contribution in [0.1, 0.15) is 16.7 Å². The molecule has 0 spiro atoms. The number of benzene rings is 2. The fourth-order valence-corrected chi connectivity index (χ4v) is 2.76. The van der Waals surface area contributed by atoms with Crippen molar-refractivity contribution >= 4 is 16.6 Å². The lowest BCUT2D eigenvalue weighted by molar-refractivity contribution is -0.384. The minimum Gasteiger partial charge on any atom is -0.497 e. The highest BCUT2D eigenvalue weighted by molar-refractivity contribution is 5.84. The fraction of sp³-hybridized carbons (Fsp3) is 0.167. The molecule has 1 N–H and O–H groups in total. The first-order chi connectivity index (χ1) is 11.5. The number of ether oxygens (including phenoxy) is 1. The molecular weight excluding hydrogens is 308 g/mol. The number of nitro benzene ring substituents is 1. The summed E-state index contributed by atoms with van der Waals surface area (Å²) in [4.78, 5) is 25.6. The molecule has 3 aromatic rings. The van der Waals surface area contributed by atoms with Crippen LogP contribution in [0.5, 0.6) is 5.75 Å². The number of aromatic nitrogens is 1. The predicted octanol–water partition coefficient (Wildman–Crippen LogP) is 3.34. The van der Waals surface area contributed by atoms with Gasteiger partial charge < -0.3 is 9.72 Å². The van der Waals surface area contributed by atoms with Gasteiger partial charge in [0.15, 0.2) is 0 Å². The van der Waals surface area contributed by atoms with Gasteiger partial charge >= 0.3 is 0 Å². The van der Waals surface area contributed by atoms with E-state index in [0.29, 0.717) is 17.7 Å². The predicted molar refractivity (Wildman–Crippen MR) is 91.8 cm³/mol. The minimum atomic E-state index is -0.439. The number of nitrogens with one attached hydrogen (secondary N) is 1. The summed E-state index contributed by atoms with van der Waals surface area (Å²) in [7, 11) is 1.58. The Kier molecular flexibility index (Phi) is 4.04. The molecule has 3 rings (SSSR count). The summed E-state index contributed by atoms with van der Waals surface area (Å²) in [6, 6.07) is 11.8. The SMILES string of the molecule is COc1ccc2c(C)c(Cc3ccc([N+](=O)[O-])cc3)c(=O)[nH]c2c1. The zero-order valence-electron chi connectivity index (χ0n) is 13.3. The van der Waals surface area contributed by atoms with E-state index in [2.05, 4.69) is 4.98 Å². The van der Waals surface area contributed by atoms with E-state index in [0.717, 1.165) is 22.0 Å². The molecule has 0 unspecified atom stereocenters. The summed E-state index contributed by atoms with van der Waals surface area (Å²) in [5.41, 5.74) is 3.00. The molecule has 0 aliphatic rings. The molecule has 0 fully saturated rings. The van der Waals surface area contributed by atoms with Gasteiger partial charge in [0.05, 0.1) is 17.5 Å². The van der Waals surface area contributed by atoms with Crippen LogP contribution < -0.4 is 10.3 Å². The van der Waals surface area contributed by atoms with Crippen molar-refractivity contribution in [1.29, 1.82) is 0 Å². The first-order valence-corrected chi connectivity index (χ1v) is 7.42. The van der Waals surface area contributed by atoms with Crippen molar-refractivity contribution in [2.75, 3.05) is 7.11 Å². The van der Waals surface area contributed by atoms with E-state index in [9.17, 15) is 14.9 Å². The van der Waals surface area contributed by atoms with Crippen LogP contribution in [-0.2, 0) is 6.42 Å². The lowest BCUT2D eigenvalue weighted by atomic mass is 9.98. The van der Waals surface area contributed by atoms with E-state index in [4.69, 9.17) is 4.74 Å². The van der Waals surface area contributed by atoms with Crippen molar-refractivity contribution in [2.24, 2.45) is 0 Å². The van der Waals surface area contributed by atoms with E-state index in [1.165, 1.54) is 12.1 Å². The van der Waals surface area contributed by atoms with Crippen molar-refractivity contribution in [3.8, 4) is 5.75 Å². The standard InChI is InChI=1S/C18H16N2O4/c1-11-15-8-7-14(24-2)10-17(15)19-18(21)16(11)9-12-3-5-13(6-4-12)20(22)23/h3-8,10H,9H2,1-2H3,(H,19,21).